The largest absolute Gasteiger partial charge is 0.508 e. The lowest BCUT2D eigenvalue weighted by Crippen LogP contribution is -2.30. The molecule has 0 fully saturated rings. The number of nitrogens with zero attached hydrogens (tertiary/aromatic N) is 2. The van der Waals surface area contributed by atoms with Gasteiger partial charge >= 0.3 is 0 Å². The SMILES string of the molecule is CCCCCCCCCCN1C(=O)C2=C(c3ccc(-c4cccc(O)c4)s3)N(CCCCCCCCCC)C(=O)C2=C1c1ccc(-c2cccc(O)c2)s1. The summed E-state index contributed by atoms with van der Waals surface area (Å²) in [5, 5.41) is 20.4. The van der Waals surface area contributed by atoms with Crippen molar-refractivity contribution >= 4 is 45.9 Å². The van der Waals surface area contributed by atoms with Crippen LogP contribution in [0.2, 0.25) is 0 Å². The lowest BCUT2D eigenvalue weighted by atomic mass is 10.1. The lowest BCUT2D eigenvalue weighted by molar-refractivity contribution is -0.124. The number of aromatic hydroxyl groups is 2. The quantitative estimate of drug-likeness (QED) is 0.0781. The summed E-state index contributed by atoms with van der Waals surface area (Å²) >= 11 is 3.12. The first-order valence-corrected chi connectivity index (χ1v) is 22.0. The number of hydrogen-bond donors (Lipinski definition) is 2. The fourth-order valence-corrected chi connectivity index (χ4v) is 9.83. The average molecular weight is 765 g/mol. The van der Waals surface area contributed by atoms with Gasteiger partial charge < -0.3 is 20.0 Å². The van der Waals surface area contributed by atoms with Crippen LogP contribution in [0.3, 0.4) is 0 Å². The highest BCUT2D eigenvalue weighted by Gasteiger charge is 2.49. The van der Waals surface area contributed by atoms with E-state index in [1.54, 1.807) is 46.9 Å². The predicted molar refractivity (Wildman–Crippen MR) is 225 cm³/mol. The number of rotatable bonds is 22. The van der Waals surface area contributed by atoms with Gasteiger partial charge in [0.1, 0.15) is 11.5 Å². The molecular formula is C46H56N2O4S2. The first-order valence-electron chi connectivity index (χ1n) is 20.3. The zero-order valence-corrected chi connectivity index (χ0v) is 33.7. The molecule has 4 aromatic rings. The maximum Gasteiger partial charge on any atom is 0.261 e. The van der Waals surface area contributed by atoms with Gasteiger partial charge in [-0.2, -0.15) is 0 Å². The third-order valence-corrected chi connectivity index (χ3v) is 12.9. The predicted octanol–water partition coefficient (Wildman–Crippen LogP) is 12.6. The van der Waals surface area contributed by atoms with E-state index < -0.39 is 0 Å². The van der Waals surface area contributed by atoms with Gasteiger partial charge in [0.05, 0.1) is 32.3 Å². The Labute approximate surface area is 329 Å². The maximum absolute atomic E-state index is 14.8. The Morgan fingerprint density at radius 3 is 1.19 bits per heavy atom. The van der Waals surface area contributed by atoms with E-state index in [2.05, 4.69) is 13.8 Å². The Morgan fingerprint density at radius 1 is 0.463 bits per heavy atom. The van der Waals surface area contributed by atoms with Gasteiger partial charge in [-0.15, -0.1) is 22.7 Å². The third kappa shape index (κ3) is 9.38. The number of phenols is 2. The minimum Gasteiger partial charge on any atom is -0.508 e. The van der Waals surface area contributed by atoms with Crippen LogP contribution >= 0.6 is 22.7 Å². The van der Waals surface area contributed by atoms with Crippen LogP contribution in [0.25, 0.3) is 32.3 Å². The number of benzene rings is 2. The zero-order chi connectivity index (χ0) is 37.9. The molecule has 6 rings (SSSR count). The van der Waals surface area contributed by atoms with Crippen LogP contribution in [-0.2, 0) is 9.59 Å². The number of unbranched alkanes of at least 4 members (excludes halogenated alkanes) is 14. The Hall–Kier alpha value is -4.14. The first kappa shape index (κ1) is 39.6. The standard InChI is InChI=1S/C46H56N2O4S2/c1-3-5-7-9-11-13-15-17-29-47-43(39-27-25-37(53-39)33-21-19-23-35(49)31-33)41-42(45(47)51)44(40-28-26-38(54-40)34-22-20-24-36(50)32-34)48(46(41)52)30-18-16-14-12-10-8-6-4-2/h19-28,31-32,49-50H,3-18,29-30H2,1-2H3. The van der Waals surface area contributed by atoms with Crippen LogP contribution in [0.15, 0.2) is 83.9 Å². The molecule has 8 heteroatoms. The molecule has 0 atom stereocenters. The summed E-state index contributed by atoms with van der Waals surface area (Å²) in [6.45, 7) is 5.60. The van der Waals surface area contributed by atoms with Crippen molar-refractivity contribution in [3.63, 3.8) is 0 Å². The number of fused-ring (bicyclic) bond motifs is 1. The van der Waals surface area contributed by atoms with Crippen LogP contribution in [0.4, 0.5) is 0 Å². The summed E-state index contributed by atoms with van der Waals surface area (Å²) < 4.78 is 0. The van der Waals surface area contributed by atoms with Crippen LogP contribution in [0, 0.1) is 0 Å². The van der Waals surface area contributed by atoms with Crippen molar-refractivity contribution in [3.8, 4) is 32.4 Å². The lowest BCUT2D eigenvalue weighted by Gasteiger charge is -2.24. The molecule has 286 valence electrons. The highest BCUT2D eigenvalue weighted by molar-refractivity contribution is 7.17. The van der Waals surface area contributed by atoms with Crippen molar-refractivity contribution in [1.82, 2.24) is 9.80 Å². The van der Waals surface area contributed by atoms with Crippen LogP contribution in [0.5, 0.6) is 11.5 Å². The van der Waals surface area contributed by atoms with Gasteiger partial charge in [0.25, 0.3) is 11.8 Å². The Balaban J connectivity index is 1.34. The summed E-state index contributed by atoms with van der Waals surface area (Å²) in [5.41, 5.74) is 4.29. The van der Waals surface area contributed by atoms with E-state index in [0.29, 0.717) is 24.2 Å². The minimum absolute atomic E-state index is 0.0932. The first-order chi connectivity index (χ1) is 26.4. The fourth-order valence-electron chi connectivity index (χ4n) is 7.70. The van der Waals surface area contributed by atoms with E-state index in [1.165, 1.54) is 64.2 Å². The molecule has 0 spiro atoms. The third-order valence-electron chi connectivity index (χ3n) is 10.6. The van der Waals surface area contributed by atoms with Gasteiger partial charge in [0.2, 0.25) is 0 Å². The Morgan fingerprint density at radius 2 is 0.815 bits per heavy atom. The normalized spacial score (nSPS) is 14.3. The monoisotopic (exact) mass is 764 g/mol. The molecule has 0 aliphatic carbocycles. The smallest absolute Gasteiger partial charge is 0.261 e. The maximum atomic E-state index is 14.8. The van der Waals surface area contributed by atoms with Gasteiger partial charge in [0.15, 0.2) is 0 Å². The van der Waals surface area contributed by atoms with Crippen molar-refractivity contribution in [3.05, 3.63) is 93.7 Å². The second kappa shape index (κ2) is 19.4. The molecule has 2 amide bonds. The summed E-state index contributed by atoms with van der Waals surface area (Å²) in [5.74, 6) is 0.222. The van der Waals surface area contributed by atoms with E-state index in [9.17, 15) is 19.8 Å². The van der Waals surface area contributed by atoms with Gasteiger partial charge in [-0.25, -0.2) is 0 Å². The van der Waals surface area contributed by atoms with Gasteiger partial charge in [-0.05, 0) is 72.5 Å². The highest BCUT2D eigenvalue weighted by Crippen LogP contribution is 2.50. The molecule has 6 nitrogen and oxygen atoms in total. The van der Waals surface area contributed by atoms with Crippen LogP contribution < -0.4 is 0 Å². The van der Waals surface area contributed by atoms with Crippen molar-refractivity contribution < 1.29 is 19.8 Å². The number of hydrogen-bond acceptors (Lipinski definition) is 6. The van der Waals surface area contributed by atoms with Crippen molar-refractivity contribution in [2.75, 3.05) is 13.1 Å². The number of carbonyl (C=O) groups excluding carboxylic acids is 2. The molecule has 0 saturated heterocycles. The second-order valence-corrected chi connectivity index (χ2v) is 16.9. The number of carbonyl (C=O) groups is 2. The number of phenolic OH excluding ortho intramolecular Hbond substituents is 2. The van der Waals surface area contributed by atoms with Crippen LogP contribution in [0.1, 0.15) is 126 Å². The van der Waals surface area contributed by atoms with Gasteiger partial charge in [0, 0.05) is 22.8 Å². The summed E-state index contributed by atoms with van der Waals surface area (Å²) in [4.78, 5) is 37.1. The fraction of sp³-hybridized carbons (Fsp3) is 0.435. The number of thiophene rings is 2. The molecule has 2 aromatic heterocycles. The van der Waals surface area contributed by atoms with Crippen LogP contribution in [-0.4, -0.2) is 44.9 Å². The highest BCUT2D eigenvalue weighted by atomic mass is 32.1. The molecule has 0 radical (unpaired) electrons. The van der Waals surface area contributed by atoms with Crippen molar-refractivity contribution in [1.29, 1.82) is 0 Å². The van der Waals surface area contributed by atoms with E-state index >= 15 is 0 Å². The molecule has 0 bridgehead atoms. The van der Waals surface area contributed by atoms with Gasteiger partial charge in [-0.3, -0.25) is 9.59 Å². The molecular weight excluding hydrogens is 709 g/mol. The van der Waals surface area contributed by atoms with E-state index in [-0.39, 0.29) is 23.3 Å². The molecule has 2 aliphatic heterocycles. The molecule has 0 unspecified atom stereocenters. The van der Waals surface area contributed by atoms with Crippen molar-refractivity contribution in [2.24, 2.45) is 0 Å². The Kier molecular flexibility index (Phi) is 14.2. The summed E-state index contributed by atoms with van der Waals surface area (Å²) in [6, 6.07) is 22.6. The molecule has 2 N–H and O–H groups in total. The zero-order valence-electron chi connectivity index (χ0n) is 32.1. The summed E-state index contributed by atoms with van der Waals surface area (Å²) in [7, 11) is 0. The summed E-state index contributed by atoms with van der Waals surface area (Å²) in [6.07, 6.45) is 18.6. The van der Waals surface area contributed by atoms with Crippen molar-refractivity contribution in [2.45, 2.75) is 117 Å². The van der Waals surface area contributed by atoms with E-state index in [0.717, 1.165) is 80.6 Å². The average Bonchev–Trinajstić information content (AvgIpc) is 3.96. The molecule has 2 aromatic carbocycles. The van der Waals surface area contributed by atoms with E-state index in [4.69, 9.17) is 0 Å². The Bertz CT molecular complexity index is 1810. The topological polar surface area (TPSA) is 81.1 Å². The molecule has 0 saturated carbocycles. The second-order valence-electron chi connectivity index (χ2n) is 14.7. The molecule has 54 heavy (non-hydrogen) atoms. The minimum atomic E-state index is -0.0932. The van der Waals surface area contributed by atoms with Gasteiger partial charge in [-0.1, -0.05) is 128 Å². The molecule has 2 aliphatic rings. The number of amides is 2. The van der Waals surface area contributed by atoms with E-state index in [1.807, 2.05) is 58.3 Å². The molecule has 4 heterocycles.